The Kier molecular flexibility index (Phi) is 5.39. The number of nitrogens with zero attached hydrogens (tertiary/aromatic N) is 7. The van der Waals surface area contributed by atoms with Gasteiger partial charge in [-0.2, -0.15) is 10.4 Å². The molecule has 2 bridgehead atoms. The summed E-state index contributed by atoms with van der Waals surface area (Å²) in [6.45, 7) is 2.28. The van der Waals surface area contributed by atoms with Gasteiger partial charge in [0.1, 0.15) is 6.07 Å². The van der Waals surface area contributed by atoms with E-state index in [-0.39, 0.29) is 5.82 Å². The molecule has 3 saturated heterocycles. The number of hydrogen-bond acceptors (Lipinski definition) is 7. The van der Waals surface area contributed by atoms with Crippen molar-refractivity contribution in [2.45, 2.75) is 25.0 Å². The number of nitriles is 1. The van der Waals surface area contributed by atoms with Crippen LogP contribution < -0.4 is 9.64 Å². The Hall–Kier alpha value is -3.55. The summed E-state index contributed by atoms with van der Waals surface area (Å²) in [5.74, 6) is 0.606. The van der Waals surface area contributed by atoms with E-state index in [1.54, 1.807) is 24.0 Å². The van der Waals surface area contributed by atoms with E-state index < -0.39 is 0 Å². The second-order valence-corrected chi connectivity index (χ2v) is 9.81. The van der Waals surface area contributed by atoms with Crippen LogP contribution in [0.15, 0.2) is 53.5 Å². The van der Waals surface area contributed by atoms with Crippen molar-refractivity contribution in [1.29, 1.82) is 5.26 Å². The molecule has 0 spiro atoms. The minimum atomic E-state index is -0.370. The molecule has 0 amide bonds. The first kappa shape index (κ1) is 21.9. The van der Waals surface area contributed by atoms with Crippen LogP contribution in [0.1, 0.15) is 17.5 Å². The Balaban J connectivity index is 1.22. The van der Waals surface area contributed by atoms with Crippen LogP contribution in [0.3, 0.4) is 0 Å². The zero-order valence-corrected chi connectivity index (χ0v) is 20.5. The topological polar surface area (TPSA) is 82.6 Å². The van der Waals surface area contributed by atoms with Gasteiger partial charge in [-0.15, -0.1) is 0 Å². The zero-order valence-electron chi connectivity index (χ0n) is 18.9. The summed E-state index contributed by atoms with van der Waals surface area (Å²) < 4.78 is 22.9. The molecule has 4 aromatic rings. The number of piperidine rings is 1. The molecule has 7 heterocycles. The van der Waals surface area contributed by atoms with Gasteiger partial charge in [0.05, 0.1) is 24.4 Å². The molecule has 3 aliphatic heterocycles. The van der Waals surface area contributed by atoms with E-state index in [0.717, 1.165) is 36.1 Å². The molecular formula is C25H21BrFN7O. The Bertz CT molecular complexity index is 1450. The van der Waals surface area contributed by atoms with E-state index in [1.807, 2.05) is 29.3 Å². The van der Waals surface area contributed by atoms with Gasteiger partial charge in [-0.3, -0.25) is 4.90 Å². The van der Waals surface area contributed by atoms with Gasteiger partial charge < -0.3 is 9.64 Å². The number of anilines is 1. The van der Waals surface area contributed by atoms with Crippen LogP contribution in [0.25, 0.3) is 16.6 Å². The van der Waals surface area contributed by atoms with E-state index in [2.05, 4.69) is 42.0 Å². The summed E-state index contributed by atoms with van der Waals surface area (Å²) in [4.78, 5) is 13.3. The summed E-state index contributed by atoms with van der Waals surface area (Å²) in [5.41, 5.74) is 3.50. The molecule has 0 N–H and O–H groups in total. The fraction of sp³-hybridized carbons (Fsp3) is 0.280. The Morgan fingerprint density at radius 2 is 2.00 bits per heavy atom. The summed E-state index contributed by atoms with van der Waals surface area (Å²) in [5, 5.41) is 13.7. The average molecular weight is 534 g/mol. The number of fused-ring (bicyclic) bond motifs is 3. The van der Waals surface area contributed by atoms with E-state index >= 15 is 4.39 Å². The standard InChI is InChI=1S/C25H21BrFN7O/c1-35-23-3-2-15(8-29-23)11-33-19-6-20(33)14-32(13-19)25-22(27)4-16(9-30-25)21-5-18(26)12-34-24(21)17(7-28)10-31-34/h2-5,8-10,12,19-20H,6,11,13-14H2,1H3. The molecule has 0 saturated carbocycles. The number of halogens is 2. The smallest absolute Gasteiger partial charge is 0.212 e. The van der Waals surface area contributed by atoms with Crippen LogP contribution >= 0.6 is 15.9 Å². The first-order valence-electron chi connectivity index (χ1n) is 11.3. The van der Waals surface area contributed by atoms with Gasteiger partial charge in [-0.05, 0) is 40.0 Å². The maximum atomic E-state index is 15.3. The molecule has 2 unspecified atom stereocenters. The maximum absolute atomic E-state index is 15.3. The summed E-state index contributed by atoms with van der Waals surface area (Å²) in [7, 11) is 1.61. The molecule has 3 fully saturated rings. The molecule has 0 radical (unpaired) electrons. The van der Waals surface area contributed by atoms with E-state index in [1.165, 1.54) is 12.3 Å². The predicted molar refractivity (Wildman–Crippen MR) is 132 cm³/mol. The van der Waals surface area contributed by atoms with Crippen molar-refractivity contribution >= 4 is 27.3 Å². The van der Waals surface area contributed by atoms with Gasteiger partial charge >= 0.3 is 0 Å². The van der Waals surface area contributed by atoms with Crippen molar-refractivity contribution in [2.24, 2.45) is 0 Å². The quantitative estimate of drug-likeness (QED) is 0.382. The third kappa shape index (κ3) is 3.81. The summed E-state index contributed by atoms with van der Waals surface area (Å²) in [6.07, 6.45) is 7.91. The molecule has 10 heteroatoms. The number of rotatable bonds is 5. The lowest BCUT2D eigenvalue weighted by molar-refractivity contribution is -0.00898. The number of ether oxygens (including phenoxy) is 1. The van der Waals surface area contributed by atoms with Gasteiger partial charge in [0.2, 0.25) is 5.88 Å². The van der Waals surface area contributed by atoms with Gasteiger partial charge in [0, 0.05) is 72.0 Å². The van der Waals surface area contributed by atoms with Crippen LogP contribution in [0, 0.1) is 17.1 Å². The molecule has 7 rings (SSSR count). The maximum Gasteiger partial charge on any atom is 0.212 e. The monoisotopic (exact) mass is 533 g/mol. The van der Waals surface area contributed by atoms with Crippen molar-refractivity contribution in [2.75, 3.05) is 25.1 Å². The molecule has 3 aliphatic rings. The zero-order chi connectivity index (χ0) is 24.1. The lowest BCUT2D eigenvalue weighted by atomic mass is 9.87. The highest BCUT2D eigenvalue weighted by molar-refractivity contribution is 9.10. The van der Waals surface area contributed by atoms with Gasteiger partial charge in [0.15, 0.2) is 11.6 Å². The van der Waals surface area contributed by atoms with Crippen LogP contribution in [0.2, 0.25) is 0 Å². The first-order chi connectivity index (χ1) is 17.0. The molecule has 0 aromatic carbocycles. The number of piperazine rings is 1. The van der Waals surface area contributed by atoms with Crippen molar-refractivity contribution in [3.63, 3.8) is 0 Å². The molecule has 0 aliphatic carbocycles. The van der Waals surface area contributed by atoms with Crippen molar-refractivity contribution < 1.29 is 9.13 Å². The normalized spacial score (nSPS) is 19.4. The molecule has 8 nitrogen and oxygen atoms in total. The number of aromatic nitrogens is 4. The highest BCUT2D eigenvalue weighted by atomic mass is 79.9. The predicted octanol–water partition coefficient (Wildman–Crippen LogP) is 4.04. The molecule has 35 heavy (non-hydrogen) atoms. The van der Waals surface area contributed by atoms with Crippen LogP contribution in [-0.4, -0.2) is 56.8 Å². The third-order valence-corrected chi connectivity index (χ3v) is 7.28. The Morgan fingerprint density at radius 3 is 2.69 bits per heavy atom. The van der Waals surface area contributed by atoms with E-state index in [4.69, 9.17) is 4.74 Å². The average Bonchev–Trinajstić information content (AvgIpc) is 3.30. The SMILES string of the molecule is COc1ccc(CN2C3CC2CN(c2ncc(-c4cc(Br)cn5ncc(C#N)c45)cc2F)C3)cn1. The fourth-order valence-electron chi connectivity index (χ4n) is 5.16. The Labute approximate surface area is 209 Å². The molecule has 2 atom stereocenters. The second-order valence-electron chi connectivity index (χ2n) is 8.89. The minimum Gasteiger partial charge on any atom is -0.481 e. The largest absolute Gasteiger partial charge is 0.481 e. The lowest BCUT2D eigenvalue weighted by Gasteiger charge is -2.56. The molecule has 176 valence electrons. The van der Waals surface area contributed by atoms with E-state index in [9.17, 15) is 5.26 Å². The van der Waals surface area contributed by atoms with Gasteiger partial charge in [-0.1, -0.05) is 6.07 Å². The first-order valence-corrected chi connectivity index (χ1v) is 12.1. The molecule has 4 aromatic heterocycles. The fourth-order valence-corrected chi connectivity index (χ4v) is 5.58. The van der Waals surface area contributed by atoms with Crippen molar-refractivity contribution in [1.82, 2.24) is 24.5 Å². The highest BCUT2D eigenvalue weighted by Crippen LogP contribution is 2.37. The molecular weight excluding hydrogens is 513 g/mol. The van der Waals surface area contributed by atoms with Crippen LogP contribution in [0.5, 0.6) is 5.88 Å². The second kappa shape index (κ2) is 8.59. The summed E-state index contributed by atoms with van der Waals surface area (Å²) >= 11 is 3.47. The van der Waals surface area contributed by atoms with Crippen LogP contribution in [-0.2, 0) is 6.54 Å². The van der Waals surface area contributed by atoms with E-state index in [0.29, 0.717) is 46.0 Å². The van der Waals surface area contributed by atoms with Gasteiger partial charge in [-0.25, -0.2) is 18.9 Å². The lowest BCUT2D eigenvalue weighted by Crippen LogP contribution is -2.68. The third-order valence-electron chi connectivity index (χ3n) is 6.85. The summed E-state index contributed by atoms with van der Waals surface area (Å²) in [6, 6.07) is 10.1. The number of methoxy groups -OCH3 is 1. The highest BCUT2D eigenvalue weighted by Gasteiger charge is 2.45. The minimum absolute atomic E-state index is 0.353. The van der Waals surface area contributed by atoms with Crippen molar-refractivity contribution in [3.05, 3.63) is 70.5 Å². The van der Waals surface area contributed by atoms with Crippen LogP contribution in [0.4, 0.5) is 10.2 Å². The van der Waals surface area contributed by atoms with Crippen molar-refractivity contribution in [3.8, 4) is 23.1 Å². The number of hydrogen-bond donors (Lipinski definition) is 0. The number of pyridine rings is 3. The Morgan fingerprint density at radius 1 is 1.17 bits per heavy atom. The van der Waals surface area contributed by atoms with Gasteiger partial charge in [0.25, 0.3) is 0 Å².